The maximum Gasteiger partial charge on any atom is 0.0982 e. The number of aliphatic hydroxyl groups is 1. The van der Waals surface area contributed by atoms with Crippen LogP contribution in [-0.4, -0.2) is 10.1 Å². The van der Waals surface area contributed by atoms with Crippen LogP contribution in [0.2, 0.25) is 0 Å². The lowest BCUT2D eigenvalue weighted by Gasteiger charge is -2.14. The number of aromatic nitrogens is 1. The first-order valence-corrected chi connectivity index (χ1v) is 5.16. The van der Waals surface area contributed by atoms with Crippen molar-refractivity contribution in [3.8, 4) is 0 Å². The summed E-state index contributed by atoms with van der Waals surface area (Å²) in [5.74, 6) is 0.708. The molecule has 1 rings (SSSR count). The van der Waals surface area contributed by atoms with Crippen LogP contribution in [0.15, 0.2) is 18.3 Å². The van der Waals surface area contributed by atoms with Crippen LogP contribution in [0.5, 0.6) is 0 Å². The van der Waals surface area contributed by atoms with Crippen LogP contribution in [0.4, 0.5) is 0 Å². The highest BCUT2D eigenvalue weighted by atomic mass is 16.3. The quantitative estimate of drug-likeness (QED) is 0.800. The molecule has 1 heterocycles. The molecule has 0 saturated heterocycles. The lowest BCUT2D eigenvalue weighted by Crippen LogP contribution is -2.07. The zero-order chi connectivity index (χ0) is 10.7. The molecule has 2 nitrogen and oxygen atoms in total. The summed E-state index contributed by atoms with van der Waals surface area (Å²) in [6.45, 7) is 8.25. The minimum Gasteiger partial charge on any atom is -0.387 e. The molecule has 78 valence electrons. The second-order valence-corrected chi connectivity index (χ2v) is 4.36. The Hall–Kier alpha value is -0.890. The van der Waals surface area contributed by atoms with E-state index in [1.165, 1.54) is 5.56 Å². The van der Waals surface area contributed by atoms with Crippen LogP contribution in [0.3, 0.4) is 0 Å². The number of nitrogens with zero attached hydrogens (tertiary/aromatic N) is 1. The Kier molecular flexibility index (Phi) is 3.64. The van der Waals surface area contributed by atoms with Gasteiger partial charge in [0, 0.05) is 6.20 Å². The van der Waals surface area contributed by atoms with Gasteiger partial charge in [-0.15, -0.1) is 0 Å². The topological polar surface area (TPSA) is 33.1 Å². The Balaban J connectivity index is 2.83. The Morgan fingerprint density at radius 2 is 1.79 bits per heavy atom. The summed E-state index contributed by atoms with van der Waals surface area (Å²) in [7, 11) is 0. The van der Waals surface area contributed by atoms with Gasteiger partial charge in [0.2, 0.25) is 0 Å². The summed E-state index contributed by atoms with van der Waals surface area (Å²) in [5.41, 5.74) is 1.98. The monoisotopic (exact) mass is 193 g/mol. The summed E-state index contributed by atoms with van der Waals surface area (Å²) in [5, 5.41) is 9.76. The van der Waals surface area contributed by atoms with Gasteiger partial charge in [-0.05, 0) is 23.5 Å². The Labute approximate surface area is 86.0 Å². The minimum atomic E-state index is -0.448. The Morgan fingerprint density at radius 3 is 2.14 bits per heavy atom. The molecule has 0 radical (unpaired) electrons. The molecule has 0 aliphatic carbocycles. The van der Waals surface area contributed by atoms with Gasteiger partial charge in [-0.3, -0.25) is 4.98 Å². The average molecular weight is 193 g/mol. The number of hydrogen-bond donors (Lipinski definition) is 1. The van der Waals surface area contributed by atoms with Gasteiger partial charge in [-0.2, -0.15) is 0 Å². The zero-order valence-electron chi connectivity index (χ0n) is 9.36. The van der Waals surface area contributed by atoms with Crippen LogP contribution in [0, 0.1) is 5.92 Å². The van der Waals surface area contributed by atoms with Crippen molar-refractivity contribution in [3.63, 3.8) is 0 Å². The second-order valence-electron chi connectivity index (χ2n) is 4.36. The molecule has 14 heavy (non-hydrogen) atoms. The molecule has 1 unspecified atom stereocenters. The molecule has 1 aromatic heterocycles. The average Bonchev–Trinajstić information content (AvgIpc) is 2.16. The molecule has 0 aromatic carbocycles. The van der Waals surface area contributed by atoms with Crippen LogP contribution in [0.25, 0.3) is 0 Å². The molecule has 0 spiro atoms. The van der Waals surface area contributed by atoms with Crippen molar-refractivity contribution >= 4 is 0 Å². The third kappa shape index (κ3) is 2.55. The fourth-order valence-corrected chi connectivity index (χ4v) is 1.27. The van der Waals surface area contributed by atoms with Crippen molar-refractivity contribution in [1.82, 2.24) is 4.98 Å². The van der Waals surface area contributed by atoms with E-state index in [-0.39, 0.29) is 5.92 Å². The van der Waals surface area contributed by atoms with E-state index in [9.17, 15) is 5.11 Å². The van der Waals surface area contributed by atoms with Gasteiger partial charge in [0.1, 0.15) is 0 Å². The molecule has 1 aromatic rings. The number of aliphatic hydroxyl groups excluding tert-OH is 1. The SMILES string of the molecule is CC(C)c1ccc(C(O)C(C)C)nc1. The normalized spacial score (nSPS) is 13.6. The second kappa shape index (κ2) is 4.56. The van der Waals surface area contributed by atoms with Gasteiger partial charge in [-0.25, -0.2) is 0 Å². The highest BCUT2D eigenvalue weighted by Gasteiger charge is 2.13. The predicted octanol–water partition coefficient (Wildman–Crippen LogP) is 2.89. The van der Waals surface area contributed by atoms with Crippen molar-refractivity contribution in [2.24, 2.45) is 5.92 Å². The number of pyridine rings is 1. The first kappa shape index (κ1) is 11.2. The van der Waals surface area contributed by atoms with Gasteiger partial charge in [-0.1, -0.05) is 33.8 Å². The molecular formula is C12H19NO. The molecule has 0 bridgehead atoms. The van der Waals surface area contributed by atoms with E-state index in [0.717, 1.165) is 5.69 Å². The molecule has 0 aliphatic rings. The lowest BCUT2D eigenvalue weighted by molar-refractivity contribution is 0.122. The van der Waals surface area contributed by atoms with Gasteiger partial charge >= 0.3 is 0 Å². The summed E-state index contributed by atoms with van der Waals surface area (Å²) < 4.78 is 0. The van der Waals surface area contributed by atoms with E-state index in [4.69, 9.17) is 0 Å². The summed E-state index contributed by atoms with van der Waals surface area (Å²) in [4.78, 5) is 4.27. The van der Waals surface area contributed by atoms with Crippen molar-refractivity contribution < 1.29 is 5.11 Å². The van der Waals surface area contributed by atoms with Gasteiger partial charge in [0.15, 0.2) is 0 Å². The van der Waals surface area contributed by atoms with Crippen molar-refractivity contribution in [2.45, 2.75) is 39.7 Å². The third-order valence-corrected chi connectivity index (χ3v) is 2.41. The molecule has 0 fully saturated rings. The summed E-state index contributed by atoms with van der Waals surface area (Å²) >= 11 is 0. The van der Waals surface area contributed by atoms with Gasteiger partial charge in [0.05, 0.1) is 11.8 Å². The molecular weight excluding hydrogens is 174 g/mol. The first-order valence-electron chi connectivity index (χ1n) is 5.16. The van der Waals surface area contributed by atoms with E-state index in [1.807, 2.05) is 32.2 Å². The van der Waals surface area contributed by atoms with E-state index in [2.05, 4.69) is 18.8 Å². The highest BCUT2D eigenvalue weighted by Crippen LogP contribution is 2.21. The lowest BCUT2D eigenvalue weighted by atomic mass is 10.0. The minimum absolute atomic E-state index is 0.215. The molecule has 0 aliphatic heterocycles. The molecule has 2 heteroatoms. The van der Waals surface area contributed by atoms with Crippen molar-refractivity contribution in [1.29, 1.82) is 0 Å². The Morgan fingerprint density at radius 1 is 1.14 bits per heavy atom. The van der Waals surface area contributed by atoms with E-state index >= 15 is 0 Å². The maximum absolute atomic E-state index is 9.76. The van der Waals surface area contributed by atoms with Crippen LogP contribution in [0.1, 0.15) is 51.0 Å². The predicted molar refractivity (Wildman–Crippen MR) is 58.1 cm³/mol. The fourth-order valence-electron chi connectivity index (χ4n) is 1.27. The first-order chi connectivity index (χ1) is 6.52. The smallest absolute Gasteiger partial charge is 0.0982 e. The standard InChI is InChI=1S/C12H19NO/c1-8(2)10-5-6-11(13-7-10)12(14)9(3)4/h5-9,12,14H,1-4H3. The fraction of sp³-hybridized carbons (Fsp3) is 0.583. The van der Waals surface area contributed by atoms with Crippen molar-refractivity contribution in [3.05, 3.63) is 29.6 Å². The van der Waals surface area contributed by atoms with E-state index < -0.39 is 6.10 Å². The number of rotatable bonds is 3. The molecule has 0 saturated carbocycles. The summed E-state index contributed by atoms with van der Waals surface area (Å²) in [6, 6.07) is 3.96. The zero-order valence-corrected chi connectivity index (χ0v) is 9.36. The van der Waals surface area contributed by atoms with E-state index in [0.29, 0.717) is 5.92 Å². The van der Waals surface area contributed by atoms with E-state index in [1.54, 1.807) is 0 Å². The third-order valence-electron chi connectivity index (χ3n) is 2.41. The summed E-state index contributed by atoms with van der Waals surface area (Å²) in [6.07, 6.45) is 1.40. The maximum atomic E-state index is 9.76. The van der Waals surface area contributed by atoms with Crippen LogP contribution < -0.4 is 0 Å². The number of hydrogen-bond acceptors (Lipinski definition) is 2. The highest BCUT2D eigenvalue weighted by molar-refractivity contribution is 5.18. The molecule has 1 atom stereocenters. The molecule has 1 N–H and O–H groups in total. The Bertz CT molecular complexity index is 277. The van der Waals surface area contributed by atoms with Crippen molar-refractivity contribution in [2.75, 3.05) is 0 Å². The van der Waals surface area contributed by atoms with Gasteiger partial charge in [0.25, 0.3) is 0 Å². The van der Waals surface area contributed by atoms with Gasteiger partial charge < -0.3 is 5.11 Å². The van der Waals surface area contributed by atoms with Crippen LogP contribution >= 0.6 is 0 Å². The van der Waals surface area contributed by atoms with Crippen LogP contribution in [-0.2, 0) is 0 Å². The largest absolute Gasteiger partial charge is 0.387 e. The molecule has 0 amide bonds.